The second-order valence-corrected chi connectivity index (χ2v) is 17.2. The number of carbonyl (C=O) groups excluding carboxylic acids is 2. The minimum Gasteiger partial charge on any atom is -0.462 e. The Bertz CT molecular complexity index is 603. The third-order valence-corrected chi connectivity index (χ3v) is 14.8. The molecule has 0 rings (SSSR count). The molecule has 0 N–H and O–H groups in total. The van der Waals surface area contributed by atoms with E-state index in [1.54, 1.807) is 23.5 Å². The standard InChI is InChI=1S/C28H58O10S2Si2/c1-9-33-41(34-10-2,35-11-3)21-15-19-39-23-25(7)27(29)31-17-18-32-28(30)26(8)24-40-20-16-22-42(36-12-4,37-13-5)38-14-6/h25-26H,9-24H2,1-8H3. The van der Waals surface area contributed by atoms with Crippen LogP contribution in [0.4, 0.5) is 0 Å². The minimum atomic E-state index is -2.62. The smallest absolute Gasteiger partial charge is 0.462 e. The first kappa shape index (κ1) is 41.8. The number of esters is 2. The van der Waals surface area contributed by atoms with Gasteiger partial charge in [0, 0.05) is 63.2 Å². The highest BCUT2D eigenvalue weighted by Crippen LogP contribution is 2.22. The molecule has 0 fully saturated rings. The lowest BCUT2D eigenvalue weighted by Gasteiger charge is -2.28. The van der Waals surface area contributed by atoms with E-state index in [9.17, 15) is 9.59 Å². The van der Waals surface area contributed by atoms with Crippen molar-refractivity contribution in [3.8, 4) is 0 Å². The van der Waals surface area contributed by atoms with Crippen molar-refractivity contribution < 1.29 is 45.6 Å². The van der Waals surface area contributed by atoms with Crippen LogP contribution < -0.4 is 0 Å². The lowest BCUT2D eigenvalue weighted by Crippen LogP contribution is -2.46. The molecule has 0 heterocycles. The van der Waals surface area contributed by atoms with E-state index in [0.29, 0.717) is 51.1 Å². The highest BCUT2D eigenvalue weighted by atomic mass is 32.2. The molecule has 0 aliphatic carbocycles. The predicted octanol–water partition coefficient (Wildman–Crippen LogP) is 5.69. The van der Waals surface area contributed by atoms with Crippen molar-refractivity contribution in [3.05, 3.63) is 0 Å². The molecule has 0 radical (unpaired) electrons. The van der Waals surface area contributed by atoms with E-state index in [4.69, 9.17) is 36.0 Å². The first-order valence-electron chi connectivity index (χ1n) is 15.5. The molecule has 0 aromatic heterocycles. The lowest BCUT2D eigenvalue weighted by atomic mass is 10.2. The van der Waals surface area contributed by atoms with Crippen molar-refractivity contribution in [1.29, 1.82) is 0 Å². The van der Waals surface area contributed by atoms with Gasteiger partial charge < -0.3 is 36.0 Å². The zero-order valence-electron chi connectivity index (χ0n) is 27.4. The van der Waals surface area contributed by atoms with Crippen LogP contribution in [-0.2, 0) is 45.6 Å². The SMILES string of the molecule is CCO[Si](CCCSCC(C)C(=O)OCCOC(=O)C(C)CSCCC[Si](OCC)(OCC)OCC)(OCC)OCC. The largest absolute Gasteiger partial charge is 0.500 e. The van der Waals surface area contributed by atoms with Crippen LogP contribution in [-0.4, -0.2) is 105 Å². The number of rotatable bonds is 29. The molecule has 0 aromatic rings. The minimum absolute atomic E-state index is 0.0592. The molecular weight excluding hydrogens is 617 g/mol. The van der Waals surface area contributed by atoms with Crippen molar-refractivity contribution in [2.75, 3.05) is 75.9 Å². The Kier molecular flexibility index (Phi) is 26.0. The molecule has 0 amide bonds. The Labute approximate surface area is 266 Å². The molecule has 0 aliphatic heterocycles. The van der Waals surface area contributed by atoms with Crippen LogP contribution in [0.15, 0.2) is 0 Å². The van der Waals surface area contributed by atoms with Crippen molar-refractivity contribution in [2.45, 2.75) is 80.3 Å². The summed E-state index contributed by atoms with van der Waals surface area (Å²) in [6.45, 7) is 18.9. The van der Waals surface area contributed by atoms with Crippen molar-refractivity contribution >= 4 is 53.1 Å². The average Bonchev–Trinajstić information content (AvgIpc) is 2.95. The van der Waals surface area contributed by atoms with E-state index in [-0.39, 0.29) is 37.0 Å². The van der Waals surface area contributed by atoms with Gasteiger partial charge in [0.15, 0.2) is 0 Å². The highest BCUT2D eigenvalue weighted by molar-refractivity contribution is 7.99. The maximum Gasteiger partial charge on any atom is 0.500 e. The molecule has 42 heavy (non-hydrogen) atoms. The van der Waals surface area contributed by atoms with E-state index in [1.165, 1.54) is 0 Å². The summed E-state index contributed by atoms with van der Waals surface area (Å²) in [5.74, 6) is 2.01. The van der Waals surface area contributed by atoms with Gasteiger partial charge >= 0.3 is 29.5 Å². The molecule has 0 aliphatic rings. The molecule has 250 valence electrons. The van der Waals surface area contributed by atoms with Gasteiger partial charge in [-0.05, 0) is 65.9 Å². The van der Waals surface area contributed by atoms with Crippen LogP contribution in [0.3, 0.4) is 0 Å². The molecule has 2 atom stereocenters. The molecule has 0 aromatic carbocycles. The number of carbonyl (C=O) groups is 2. The predicted molar refractivity (Wildman–Crippen MR) is 175 cm³/mol. The molecule has 0 saturated carbocycles. The van der Waals surface area contributed by atoms with E-state index < -0.39 is 17.6 Å². The van der Waals surface area contributed by atoms with Gasteiger partial charge in [-0.2, -0.15) is 23.5 Å². The highest BCUT2D eigenvalue weighted by Gasteiger charge is 2.40. The van der Waals surface area contributed by atoms with Gasteiger partial charge in [-0.25, -0.2) is 0 Å². The molecule has 14 heteroatoms. The summed E-state index contributed by atoms with van der Waals surface area (Å²) < 4.78 is 46.0. The van der Waals surface area contributed by atoms with Gasteiger partial charge in [-0.3, -0.25) is 9.59 Å². The zero-order valence-corrected chi connectivity index (χ0v) is 31.0. The fourth-order valence-corrected chi connectivity index (χ4v) is 11.8. The summed E-state index contributed by atoms with van der Waals surface area (Å²) in [6, 6.07) is 1.52. The fourth-order valence-electron chi connectivity index (χ4n) is 4.01. The molecule has 2 unspecified atom stereocenters. The Hall–Kier alpha value is -0.166. The van der Waals surface area contributed by atoms with E-state index in [0.717, 1.165) is 36.4 Å². The van der Waals surface area contributed by atoms with E-state index in [1.807, 2.05) is 55.4 Å². The number of thioether (sulfide) groups is 2. The Morgan fingerprint density at radius 3 is 1.10 bits per heavy atom. The van der Waals surface area contributed by atoms with Crippen LogP contribution in [0.1, 0.15) is 68.2 Å². The van der Waals surface area contributed by atoms with Crippen LogP contribution >= 0.6 is 23.5 Å². The second-order valence-electron chi connectivity index (χ2n) is 9.46. The normalized spacial score (nSPS) is 13.6. The van der Waals surface area contributed by atoms with E-state index in [2.05, 4.69) is 0 Å². The summed E-state index contributed by atoms with van der Waals surface area (Å²) in [7, 11) is -5.24. The van der Waals surface area contributed by atoms with Gasteiger partial charge in [0.1, 0.15) is 13.2 Å². The lowest BCUT2D eigenvalue weighted by molar-refractivity contribution is -0.155. The van der Waals surface area contributed by atoms with Gasteiger partial charge in [0.05, 0.1) is 11.8 Å². The number of ether oxygens (including phenoxy) is 2. The molecule has 10 nitrogen and oxygen atoms in total. The van der Waals surface area contributed by atoms with E-state index >= 15 is 0 Å². The first-order chi connectivity index (χ1) is 20.2. The first-order valence-corrected chi connectivity index (χ1v) is 21.7. The van der Waals surface area contributed by atoms with Gasteiger partial charge in [-0.1, -0.05) is 13.8 Å². The van der Waals surface area contributed by atoms with Crippen LogP contribution in [0.2, 0.25) is 12.1 Å². The Morgan fingerprint density at radius 2 is 0.833 bits per heavy atom. The number of hydrogen-bond donors (Lipinski definition) is 0. The summed E-state index contributed by atoms with van der Waals surface area (Å²) in [5, 5.41) is 0. The zero-order chi connectivity index (χ0) is 31.7. The third kappa shape index (κ3) is 18.6. The molecule has 0 spiro atoms. The summed E-state index contributed by atoms with van der Waals surface area (Å²) >= 11 is 3.40. The summed E-state index contributed by atoms with van der Waals surface area (Å²) in [5.41, 5.74) is 0. The summed E-state index contributed by atoms with van der Waals surface area (Å²) in [6.07, 6.45) is 1.78. The second kappa shape index (κ2) is 26.1. The average molecular weight is 675 g/mol. The van der Waals surface area contributed by atoms with Gasteiger partial charge in [0.2, 0.25) is 0 Å². The maximum atomic E-state index is 12.3. The van der Waals surface area contributed by atoms with Gasteiger partial charge in [-0.15, -0.1) is 0 Å². The molecular formula is C28H58O10S2Si2. The van der Waals surface area contributed by atoms with Crippen LogP contribution in [0.5, 0.6) is 0 Å². The monoisotopic (exact) mass is 674 g/mol. The number of hydrogen-bond acceptors (Lipinski definition) is 12. The molecule has 0 bridgehead atoms. The summed E-state index contributed by atoms with van der Waals surface area (Å²) in [4.78, 5) is 24.7. The topological polar surface area (TPSA) is 108 Å². The van der Waals surface area contributed by atoms with Crippen LogP contribution in [0, 0.1) is 11.8 Å². The van der Waals surface area contributed by atoms with Crippen molar-refractivity contribution in [1.82, 2.24) is 0 Å². The van der Waals surface area contributed by atoms with Crippen molar-refractivity contribution in [2.24, 2.45) is 11.8 Å². The Morgan fingerprint density at radius 1 is 0.548 bits per heavy atom. The van der Waals surface area contributed by atoms with Crippen LogP contribution in [0.25, 0.3) is 0 Å². The van der Waals surface area contributed by atoms with Gasteiger partial charge in [0.25, 0.3) is 0 Å². The maximum absolute atomic E-state index is 12.3. The van der Waals surface area contributed by atoms with Crippen molar-refractivity contribution in [3.63, 3.8) is 0 Å². The third-order valence-electron chi connectivity index (χ3n) is 5.84. The molecule has 0 saturated heterocycles. The fraction of sp³-hybridized carbons (Fsp3) is 0.929. The quantitative estimate of drug-likeness (QED) is 0.0553. The Balaban J connectivity index is 4.15.